The standard InChI is InChI=1S/C20H23NO2/c1-15(18(22)20(2,3)4)19(23)21(16-11-7-5-8-12-16)17-13-9-6-10-14-17/h5-14,18,22H,1H2,2-4H3. The van der Waals surface area contributed by atoms with E-state index in [0.717, 1.165) is 11.4 Å². The number of hydrogen-bond acceptors (Lipinski definition) is 2. The fourth-order valence-corrected chi connectivity index (χ4v) is 2.32. The van der Waals surface area contributed by atoms with Crippen molar-refractivity contribution in [3.63, 3.8) is 0 Å². The van der Waals surface area contributed by atoms with Crippen LogP contribution in [0.2, 0.25) is 0 Å². The highest BCUT2D eigenvalue weighted by molar-refractivity contribution is 6.10. The van der Waals surface area contributed by atoms with Crippen LogP contribution in [0.25, 0.3) is 0 Å². The van der Waals surface area contributed by atoms with E-state index < -0.39 is 11.5 Å². The van der Waals surface area contributed by atoms with Crippen molar-refractivity contribution in [1.29, 1.82) is 0 Å². The molecular formula is C20H23NO2. The molecule has 1 N–H and O–H groups in total. The lowest BCUT2D eigenvalue weighted by molar-refractivity contribution is -0.116. The van der Waals surface area contributed by atoms with Gasteiger partial charge in [0.1, 0.15) is 0 Å². The molecule has 0 fully saturated rings. The second kappa shape index (κ2) is 6.80. The molecule has 0 saturated carbocycles. The van der Waals surface area contributed by atoms with Crippen molar-refractivity contribution in [2.75, 3.05) is 4.90 Å². The molecule has 120 valence electrons. The molecular weight excluding hydrogens is 286 g/mol. The van der Waals surface area contributed by atoms with Gasteiger partial charge in [-0.3, -0.25) is 9.69 Å². The number of aliphatic hydroxyl groups excluding tert-OH is 1. The quantitative estimate of drug-likeness (QED) is 0.855. The number of anilines is 2. The summed E-state index contributed by atoms with van der Waals surface area (Å²) in [6.07, 6.45) is -0.912. The van der Waals surface area contributed by atoms with Gasteiger partial charge in [0.15, 0.2) is 0 Å². The first-order chi connectivity index (χ1) is 10.8. The van der Waals surface area contributed by atoms with Crippen LogP contribution in [0.1, 0.15) is 20.8 Å². The maximum atomic E-state index is 13.0. The van der Waals surface area contributed by atoms with E-state index in [1.807, 2.05) is 81.4 Å². The summed E-state index contributed by atoms with van der Waals surface area (Å²) in [7, 11) is 0. The maximum absolute atomic E-state index is 13.0. The Morgan fingerprint density at radius 2 is 1.35 bits per heavy atom. The van der Waals surface area contributed by atoms with E-state index in [0.29, 0.717) is 0 Å². The number of amides is 1. The average molecular weight is 309 g/mol. The Morgan fingerprint density at radius 3 is 1.70 bits per heavy atom. The fraction of sp³-hybridized carbons (Fsp3) is 0.250. The van der Waals surface area contributed by atoms with Gasteiger partial charge in [-0.05, 0) is 29.7 Å². The third-order valence-corrected chi connectivity index (χ3v) is 3.66. The highest BCUT2D eigenvalue weighted by Crippen LogP contribution is 2.30. The molecule has 0 saturated heterocycles. The second-order valence-electron chi connectivity index (χ2n) is 6.61. The van der Waals surface area contributed by atoms with Crippen molar-refractivity contribution in [1.82, 2.24) is 0 Å². The second-order valence-corrected chi connectivity index (χ2v) is 6.61. The molecule has 3 heteroatoms. The summed E-state index contributed by atoms with van der Waals surface area (Å²) >= 11 is 0. The zero-order valence-corrected chi connectivity index (χ0v) is 13.9. The van der Waals surface area contributed by atoms with E-state index in [1.54, 1.807) is 4.90 Å². The molecule has 2 aromatic carbocycles. The number of hydrogen-bond donors (Lipinski definition) is 1. The van der Waals surface area contributed by atoms with Crippen LogP contribution in [-0.4, -0.2) is 17.1 Å². The highest BCUT2D eigenvalue weighted by Gasteiger charge is 2.31. The lowest BCUT2D eigenvalue weighted by Crippen LogP contribution is -2.37. The summed E-state index contributed by atoms with van der Waals surface area (Å²) in [4.78, 5) is 14.6. The predicted molar refractivity (Wildman–Crippen MR) is 94.6 cm³/mol. The van der Waals surface area contributed by atoms with E-state index in [-0.39, 0.29) is 11.5 Å². The van der Waals surface area contributed by atoms with E-state index in [2.05, 4.69) is 6.58 Å². The molecule has 0 radical (unpaired) electrons. The van der Waals surface area contributed by atoms with Crippen molar-refractivity contribution in [2.45, 2.75) is 26.9 Å². The van der Waals surface area contributed by atoms with Gasteiger partial charge in [-0.25, -0.2) is 0 Å². The van der Waals surface area contributed by atoms with Gasteiger partial charge in [0, 0.05) is 16.9 Å². The summed E-state index contributed by atoms with van der Waals surface area (Å²) in [5.74, 6) is -0.301. The highest BCUT2D eigenvalue weighted by atomic mass is 16.3. The predicted octanol–water partition coefficient (Wildman–Crippen LogP) is 4.31. The topological polar surface area (TPSA) is 40.5 Å². The summed E-state index contributed by atoms with van der Waals surface area (Å²) < 4.78 is 0. The number of carbonyl (C=O) groups excluding carboxylic acids is 1. The SMILES string of the molecule is C=C(C(=O)N(c1ccccc1)c1ccccc1)C(O)C(C)(C)C. The van der Waals surface area contributed by atoms with Crippen LogP contribution in [-0.2, 0) is 4.79 Å². The van der Waals surface area contributed by atoms with Crippen molar-refractivity contribution in [2.24, 2.45) is 5.41 Å². The molecule has 23 heavy (non-hydrogen) atoms. The van der Waals surface area contributed by atoms with Crippen molar-refractivity contribution >= 4 is 17.3 Å². The Morgan fingerprint density at radius 1 is 0.957 bits per heavy atom. The van der Waals surface area contributed by atoms with Crippen LogP contribution in [0, 0.1) is 5.41 Å². The molecule has 1 unspecified atom stereocenters. The molecule has 3 nitrogen and oxygen atoms in total. The van der Waals surface area contributed by atoms with Crippen LogP contribution in [0.15, 0.2) is 72.8 Å². The fourth-order valence-electron chi connectivity index (χ4n) is 2.32. The van der Waals surface area contributed by atoms with Gasteiger partial charge in [-0.2, -0.15) is 0 Å². The molecule has 0 spiro atoms. The number of nitrogens with zero attached hydrogens (tertiary/aromatic N) is 1. The smallest absolute Gasteiger partial charge is 0.260 e. The Kier molecular flexibility index (Phi) is 5.02. The molecule has 2 rings (SSSR count). The first kappa shape index (κ1) is 17.0. The molecule has 2 aromatic rings. The molecule has 0 aliphatic carbocycles. The number of benzene rings is 2. The number of carbonyl (C=O) groups is 1. The van der Waals surface area contributed by atoms with Gasteiger partial charge in [-0.15, -0.1) is 0 Å². The van der Waals surface area contributed by atoms with E-state index in [4.69, 9.17) is 0 Å². The number of rotatable bonds is 4. The number of para-hydroxylation sites is 2. The first-order valence-electron chi connectivity index (χ1n) is 7.64. The largest absolute Gasteiger partial charge is 0.388 e. The third-order valence-electron chi connectivity index (χ3n) is 3.66. The van der Waals surface area contributed by atoms with Gasteiger partial charge in [0.25, 0.3) is 5.91 Å². The lowest BCUT2D eigenvalue weighted by atomic mass is 9.84. The minimum absolute atomic E-state index is 0.185. The van der Waals surface area contributed by atoms with E-state index >= 15 is 0 Å². The average Bonchev–Trinajstić information content (AvgIpc) is 2.54. The van der Waals surface area contributed by atoms with Crippen molar-refractivity contribution in [3.05, 3.63) is 72.8 Å². The summed E-state index contributed by atoms with van der Waals surface area (Å²) in [6.45, 7) is 9.49. The van der Waals surface area contributed by atoms with Crippen LogP contribution in [0.5, 0.6) is 0 Å². The Balaban J connectivity index is 2.43. The van der Waals surface area contributed by atoms with Crippen LogP contribution < -0.4 is 4.90 Å². The summed E-state index contributed by atoms with van der Waals surface area (Å²) in [5, 5.41) is 10.4. The van der Waals surface area contributed by atoms with Crippen molar-refractivity contribution < 1.29 is 9.90 Å². The minimum Gasteiger partial charge on any atom is -0.388 e. The van der Waals surface area contributed by atoms with E-state index in [9.17, 15) is 9.90 Å². The Hall–Kier alpha value is -2.39. The van der Waals surface area contributed by atoms with Gasteiger partial charge in [0.05, 0.1) is 6.10 Å². The third kappa shape index (κ3) is 3.88. The van der Waals surface area contributed by atoms with Crippen LogP contribution in [0.3, 0.4) is 0 Å². The van der Waals surface area contributed by atoms with Crippen molar-refractivity contribution in [3.8, 4) is 0 Å². The van der Waals surface area contributed by atoms with Gasteiger partial charge in [-0.1, -0.05) is 63.7 Å². The van der Waals surface area contributed by atoms with E-state index in [1.165, 1.54) is 0 Å². The summed E-state index contributed by atoms with van der Waals surface area (Å²) in [6, 6.07) is 18.8. The van der Waals surface area contributed by atoms with Gasteiger partial charge in [0.2, 0.25) is 0 Å². The maximum Gasteiger partial charge on any atom is 0.260 e. The molecule has 0 aromatic heterocycles. The minimum atomic E-state index is -0.912. The molecule has 1 atom stereocenters. The normalized spacial score (nSPS) is 12.5. The van der Waals surface area contributed by atoms with Gasteiger partial charge >= 0.3 is 0 Å². The lowest BCUT2D eigenvalue weighted by Gasteiger charge is -2.30. The zero-order valence-electron chi connectivity index (χ0n) is 13.9. The monoisotopic (exact) mass is 309 g/mol. The van der Waals surface area contributed by atoms with Crippen LogP contribution in [0.4, 0.5) is 11.4 Å². The van der Waals surface area contributed by atoms with Gasteiger partial charge < -0.3 is 5.11 Å². The Labute approximate surface area is 137 Å². The zero-order chi connectivity index (χ0) is 17.0. The molecule has 1 amide bonds. The molecule has 0 aliphatic heterocycles. The molecule has 0 bridgehead atoms. The number of aliphatic hydroxyl groups is 1. The summed E-state index contributed by atoms with van der Waals surface area (Å²) in [5.41, 5.74) is 1.22. The molecule has 0 heterocycles. The molecule has 0 aliphatic rings. The first-order valence-corrected chi connectivity index (χ1v) is 7.64. The van der Waals surface area contributed by atoms with Crippen LogP contribution >= 0.6 is 0 Å². The Bertz CT molecular complexity index is 632.